The number of methoxy groups -OCH3 is 3. The summed E-state index contributed by atoms with van der Waals surface area (Å²) in [5, 5.41) is 5.58. The summed E-state index contributed by atoms with van der Waals surface area (Å²) in [6.45, 7) is 0. The van der Waals surface area contributed by atoms with Gasteiger partial charge in [-0.2, -0.15) is 0 Å². The van der Waals surface area contributed by atoms with E-state index in [2.05, 4.69) is 10.6 Å². The Labute approximate surface area is 258 Å². The molecule has 4 rings (SSSR count). The lowest BCUT2D eigenvalue weighted by Crippen LogP contribution is -2.30. The standard InChI is InChI=1S/C34H28ClFN2O6/c1-42-30-20-32(44-3)31(43-2)19-23(30)18-28(38-33(40)22-8-5-4-6-9-22)34(41)37-24-14-12-21(13-15-24)29(39)17-16-25-26(35)10-7-11-27(25)36/h4-20H,1-3H3,(H,37,41)(H,38,40)/b17-16+,28-18-. The predicted molar refractivity (Wildman–Crippen MR) is 168 cm³/mol. The second-order valence-electron chi connectivity index (χ2n) is 9.19. The molecule has 10 heteroatoms. The summed E-state index contributed by atoms with van der Waals surface area (Å²) in [5.41, 5.74) is 1.45. The van der Waals surface area contributed by atoms with E-state index in [0.29, 0.717) is 39.6 Å². The van der Waals surface area contributed by atoms with Crippen molar-refractivity contribution in [2.75, 3.05) is 26.6 Å². The molecule has 0 aromatic heterocycles. The molecule has 0 atom stereocenters. The van der Waals surface area contributed by atoms with Gasteiger partial charge in [0.2, 0.25) is 0 Å². The molecule has 4 aromatic rings. The van der Waals surface area contributed by atoms with Crippen LogP contribution >= 0.6 is 11.6 Å². The van der Waals surface area contributed by atoms with Gasteiger partial charge in [0.25, 0.3) is 11.8 Å². The second-order valence-corrected chi connectivity index (χ2v) is 9.60. The number of carbonyl (C=O) groups is 3. The molecule has 0 unspecified atom stereocenters. The molecule has 0 spiro atoms. The summed E-state index contributed by atoms with van der Waals surface area (Å²) in [4.78, 5) is 39.2. The molecule has 2 amide bonds. The van der Waals surface area contributed by atoms with Crippen molar-refractivity contribution in [1.29, 1.82) is 0 Å². The first-order chi connectivity index (χ1) is 21.2. The average molecular weight is 615 g/mol. The highest BCUT2D eigenvalue weighted by molar-refractivity contribution is 6.32. The van der Waals surface area contributed by atoms with Crippen molar-refractivity contribution in [3.8, 4) is 17.2 Å². The number of ketones is 1. The van der Waals surface area contributed by atoms with Crippen molar-refractivity contribution in [2.24, 2.45) is 0 Å². The maximum atomic E-state index is 14.0. The second kappa shape index (κ2) is 14.7. The van der Waals surface area contributed by atoms with E-state index in [1.807, 2.05) is 0 Å². The number of benzene rings is 4. The lowest BCUT2D eigenvalue weighted by Gasteiger charge is -2.15. The van der Waals surface area contributed by atoms with Gasteiger partial charge in [-0.25, -0.2) is 4.39 Å². The van der Waals surface area contributed by atoms with Crippen molar-refractivity contribution in [1.82, 2.24) is 5.32 Å². The smallest absolute Gasteiger partial charge is 0.272 e. The predicted octanol–water partition coefficient (Wildman–Crippen LogP) is 6.81. The Morgan fingerprint density at radius 2 is 1.43 bits per heavy atom. The molecule has 224 valence electrons. The Bertz CT molecular complexity index is 1720. The van der Waals surface area contributed by atoms with Gasteiger partial charge >= 0.3 is 0 Å². The molecule has 8 nitrogen and oxygen atoms in total. The van der Waals surface area contributed by atoms with Gasteiger partial charge in [-0.1, -0.05) is 35.9 Å². The van der Waals surface area contributed by atoms with Crippen LogP contribution < -0.4 is 24.8 Å². The van der Waals surface area contributed by atoms with Crippen molar-refractivity contribution in [3.05, 3.63) is 130 Å². The van der Waals surface area contributed by atoms with E-state index in [-0.39, 0.29) is 16.3 Å². The first kappa shape index (κ1) is 31.5. The molecule has 44 heavy (non-hydrogen) atoms. The molecular formula is C34H28ClFN2O6. The van der Waals surface area contributed by atoms with Crippen LogP contribution in [-0.4, -0.2) is 38.9 Å². The van der Waals surface area contributed by atoms with Crippen molar-refractivity contribution in [3.63, 3.8) is 0 Å². The van der Waals surface area contributed by atoms with Crippen LogP contribution in [0.5, 0.6) is 17.2 Å². The number of hydrogen-bond acceptors (Lipinski definition) is 6. The molecule has 4 aromatic carbocycles. The zero-order valence-electron chi connectivity index (χ0n) is 24.0. The zero-order chi connectivity index (χ0) is 31.6. The fourth-order valence-electron chi connectivity index (χ4n) is 4.10. The third-order valence-corrected chi connectivity index (χ3v) is 6.72. The monoisotopic (exact) mass is 614 g/mol. The fraction of sp³-hybridized carbons (Fsp3) is 0.0882. The van der Waals surface area contributed by atoms with Crippen molar-refractivity contribution < 1.29 is 33.0 Å². The lowest BCUT2D eigenvalue weighted by molar-refractivity contribution is -0.113. The summed E-state index contributed by atoms with van der Waals surface area (Å²) in [5.74, 6) is -0.905. The van der Waals surface area contributed by atoms with Gasteiger partial charge < -0.3 is 24.8 Å². The number of amides is 2. The third-order valence-electron chi connectivity index (χ3n) is 6.39. The number of hydrogen-bond donors (Lipinski definition) is 2. The van der Waals surface area contributed by atoms with Crippen LogP contribution in [0.2, 0.25) is 5.02 Å². The number of carbonyl (C=O) groups excluding carboxylic acids is 3. The SMILES string of the molecule is COc1cc(OC)c(OC)cc1/C=C(\NC(=O)c1ccccc1)C(=O)Nc1ccc(C(=O)/C=C/c2c(F)cccc2Cl)cc1. The minimum atomic E-state index is -0.640. The van der Waals surface area contributed by atoms with Gasteiger partial charge in [0.05, 0.1) is 26.4 Å². The molecule has 2 N–H and O–H groups in total. The highest BCUT2D eigenvalue weighted by Crippen LogP contribution is 2.35. The number of ether oxygens (including phenoxy) is 3. The number of anilines is 1. The normalized spacial score (nSPS) is 11.2. The summed E-state index contributed by atoms with van der Waals surface area (Å²) >= 11 is 6.02. The maximum Gasteiger partial charge on any atom is 0.272 e. The van der Waals surface area contributed by atoms with Gasteiger partial charge in [-0.15, -0.1) is 0 Å². The van der Waals surface area contributed by atoms with Gasteiger partial charge in [0.15, 0.2) is 17.3 Å². The summed E-state index contributed by atoms with van der Waals surface area (Å²) in [6.07, 6.45) is 3.98. The quantitative estimate of drug-likeness (QED) is 0.142. The molecule has 0 bridgehead atoms. The van der Waals surface area contributed by atoms with E-state index in [1.165, 1.54) is 82.0 Å². The molecule has 0 aliphatic carbocycles. The molecule has 0 saturated carbocycles. The Morgan fingerprint density at radius 1 is 0.773 bits per heavy atom. The largest absolute Gasteiger partial charge is 0.496 e. The Morgan fingerprint density at radius 3 is 2.07 bits per heavy atom. The average Bonchev–Trinajstić information content (AvgIpc) is 3.04. The number of allylic oxidation sites excluding steroid dienone is 1. The van der Waals surface area contributed by atoms with E-state index >= 15 is 0 Å². The first-order valence-corrected chi connectivity index (χ1v) is 13.6. The van der Waals surface area contributed by atoms with Crippen LogP contribution in [0.15, 0.2) is 96.7 Å². The van der Waals surface area contributed by atoms with E-state index in [9.17, 15) is 18.8 Å². The fourth-order valence-corrected chi connectivity index (χ4v) is 4.33. The van der Waals surface area contributed by atoms with Crippen LogP contribution in [0, 0.1) is 5.82 Å². The molecule has 0 aliphatic rings. The molecule has 0 aliphatic heterocycles. The van der Waals surface area contributed by atoms with Crippen LogP contribution in [0.4, 0.5) is 10.1 Å². The Kier molecular flexibility index (Phi) is 10.5. The Hall–Kier alpha value is -5.41. The lowest BCUT2D eigenvalue weighted by atomic mass is 10.1. The van der Waals surface area contributed by atoms with E-state index in [4.69, 9.17) is 25.8 Å². The maximum absolute atomic E-state index is 14.0. The van der Waals surface area contributed by atoms with Gasteiger partial charge in [-0.3, -0.25) is 14.4 Å². The summed E-state index contributed by atoms with van der Waals surface area (Å²) in [6, 6.07) is 22.0. The molecular weight excluding hydrogens is 587 g/mol. The van der Waals surface area contributed by atoms with E-state index in [1.54, 1.807) is 42.5 Å². The minimum absolute atomic E-state index is 0.0887. The van der Waals surface area contributed by atoms with E-state index < -0.39 is 23.4 Å². The van der Waals surface area contributed by atoms with Crippen molar-refractivity contribution >= 4 is 47.0 Å². The topological polar surface area (TPSA) is 103 Å². The molecule has 0 radical (unpaired) electrons. The number of nitrogens with one attached hydrogen (secondary N) is 2. The zero-order valence-corrected chi connectivity index (χ0v) is 24.8. The van der Waals surface area contributed by atoms with Gasteiger partial charge in [0, 0.05) is 34.0 Å². The molecule has 0 fully saturated rings. The third kappa shape index (κ3) is 7.70. The van der Waals surface area contributed by atoms with Gasteiger partial charge in [-0.05, 0) is 72.8 Å². The highest BCUT2D eigenvalue weighted by Gasteiger charge is 2.18. The first-order valence-electron chi connectivity index (χ1n) is 13.2. The summed E-state index contributed by atoms with van der Waals surface area (Å²) < 4.78 is 30.2. The molecule has 0 saturated heterocycles. The van der Waals surface area contributed by atoms with Crippen LogP contribution in [0.3, 0.4) is 0 Å². The van der Waals surface area contributed by atoms with Crippen LogP contribution in [-0.2, 0) is 4.79 Å². The highest BCUT2D eigenvalue weighted by atomic mass is 35.5. The van der Waals surface area contributed by atoms with Crippen LogP contribution in [0.25, 0.3) is 12.2 Å². The van der Waals surface area contributed by atoms with Gasteiger partial charge in [0.1, 0.15) is 17.3 Å². The van der Waals surface area contributed by atoms with Crippen molar-refractivity contribution in [2.45, 2.75) is 0 Å². The number of halogens is 2. The van der Waals surface area contributed by atoms with Crippen LogP contribution in [0.1, 0.15) is 31.8 Å². The summed E-state index contributed by atoms with van der Waals surface area (Å²) in [7, 11) is 4.42. The Balaban J connectivity index is 1.60. The van der Waals surface area contributed by atoms with E-state index in [0.717, 1.165) is 0 Å². The number of rotatable bonds is 11. The minimum Gasteiger partial charge on any atom is -0.496 e. The molecule has 0 heterocycles.